The normalized spacial score (nSPS) is 11.5. The van der Waals surface area contributed by atoms with Crippen LogP contribution in [0.5, 0.6) is 0 Å². The molecule has 0 spiro atoms. The molecule has 0 aliphatic rings. The standard InChI is InChI=1S/C17H15BrN2O2S2/c18-14-6-8-16(9-7-14)24(21,22)19-11-10-15-12-23-17(20-15)13-4-2-1-3-5-13/h1-9,12,19H,10-11H2. The van der Waals surface area contributed by atoms with Gasteiger partial charge in [0.2, 0.25) is 10.0 Å². The van der Waals surface area contributed by atoms with Gasteiger partial charge in [0, 0.05) is 28.4 Å². The number of benzene rings is 2. The summed E-state index contributed by atoms with van der Waals surface area (Å²) in [6, 6.07) is 16.5. The highest BCUT2D eigenvalue weighted by atomic mass is 79.9. The van der Waals surface area contributed by atoms with Crippen LogP contribution < -0.4 is 4.72 Å². The van der Waals surface area contributed by atoms with Gasteiger partial charge >= 0.3 is 0 Å². The molecule has 0 radical (unpaired) electrons. The molecule has 24 heavy (non-hydrogen) atoms. The van der Waals surface area contributed by atoms with Gasteiger partial charge in [0.05, 0.1) is 10.6 Å². The van der Waals surface area contributed by atoms with E-state index < -0.39 is 10.0 Å². The number of nitrogens with one attached hydrogen (secondary N) is 1. The Kier molecular flexibility index (Phi) is 5.45. The molecule has 1 heterocycles. The Morgan fingerprint density at radius 2 is 1.75 bits per heavy atom. The van der Waals surface area contributed by atoms with Crippen molar-refractivity contribution in [3.8, 4) is 10.6 Å². The minimum atomic E-state index is -3.49. The van der Waals surface area contributed by atoms with Crippen LogP contribution in [0, 0.1) is 0 Å². The highest BCUT2D eigenvalue weighted by Crippen LogP contribution is 2.23. The number of hydrogen-bond acceptors (Lipinski definition) is 4. The van der Waals surface area contributed by atoms with Gasteiger partial charge in [-0.15, -0.1) is 11.3 Å². The van der Waals surface area contributed by atoms with Crippen molar-refractivity contribution in [3.05, 3.63) is 70.1 Å². The van der Waals surface area contributed by atoms with Gasteiger partial charge < -0.3 is 0 Å². The number of aromatic nitrogens is 1. The summed E-state index contributed by atoms with van der Waals surface area (Å²) in [6.45, 7) is 0.316. The fourth-order valence-corrected chi connectivity index (χ4v) is 4.30. The average Bonchev–Trinajstić information content (AvgIpc) is 3.05. The van der Waals surface area contributed by atoms with Crippen molar-refractivity contribution in [1.82, 2.24) is 9.71 Å². The van der Waals surface area contributed by atoms with Crippen molar-refractivity contribution in [1.29, 1.82) is 0 Å². The summed E-state index contributed by atoms with van der Waals surface area (Å²) >= 11 is 4.86. The first kappa shape index (κ1) is 17.3. The van der Waals surface area contributed by atoms with Crippen molar-refractivity contribution in [2.75, 3.05) is 6.54 Å². The molecule has 3 aromatic rings. The van der Waals surface area contributed by atoms with Gasteiger partial charge in [-0.1, -0.05) is 46.3 Å². The first-order valence-electron chi connectivity index (χ1n) is 7.30. The second kappa shape index (κ2) is 7.57. The van der Waals surface area contributed by atoms with Crippen molar-refractivity contribution in [2.45, 2.75) is 11.3 Å². The van der Waals surface area contributed by atoms with E-state index in [9.17, 15) is 8.42 Å². The van der Waals surface area contributed by atoms with Crippen LogP contribution in [0.15, 0.2) is 69.3 Å². The molecule has 0 bridgehead atoms. The van der Waals surface area contributed by atoms with Crippen LogP contribution in [-0.2, 0) is 16.4 Å². The maximum absolute atomic E-state index is 12.2. The molecule has 0 fully saturated rings. The maximum Gasteiger partial charge on any atom is 0.240 e. The Balaban J connectivity index is 1.60. The van der Waals surface area contributed by atoms with Crippen LogP contribution in [0.1, 0.15) is 5.69 Å². The number of thiazole rings is 1. The largest absolute Gasteiger partial charge is 0.241 e. The van der Waals surface area contributed by atoms with E-state index in [0.717, 1.165) is 20.7 Å². The fourth-order valence-electron chi connectivity index (χ4n) is 2.15. The van der Waals surface area contributed by atoms with E-state index in [1.807, 2.05) is 35.7 Å². The summed E-state index contributed by atoms with van der Waals surface area (Å²) < 4.78 is 27.9. The third-order valence-corrected chi connectivity index (χ3v) is 6.32. The predicted octanol–water partition coefficient (Wildman–Crippen LogP) is 4.09. The smallest absolute Gasteiger partial charge is 0.240 e. The lowest BCUT2D eigenvalue weighted by Gasteiger charge is -2.06. The summed E-state index contributed by atoms with van der Waals surface area (Å²) in [7, 11) is -3.49. The van der Waals surface area contributed by atoms with Crippen LogP contribution in [-0.4, -0.2) is 19.9 Å². The van der Waals surface area contributed by atoms with Crippen molar-refractivity contribution in [3.63, 3.8) is 0 Å². The van der Waals surface area contributed by atoms with E-state index in [4.69, 9.17) is 0 Å². The first-order chi connectivity index (χ1) is 11.5. The zero-order valence-corrected chi connectivity index (χ0v) is 15.9. The summed E-state index contributed by atoms with van der Waals surface area (Å²) in [5.74, 6) is 0. The molecule has 3 rings (SSSR count). The van der Waals surface area contributed by atoms with Crippen LogP contribution in [0.3, 0.4) is 0 Å². The third kappa shape index (κ3) is 4.30. The van der Waals surface area contributed by atoms with Crippen molar-refractivity contribution < 1.29 is 8.42 Å². The summed E-state index contributed by atoms with van der Waals surface area (Å²) in [5, 5.41) is 2.91. The van der Waals surface area contributed by atoms with Crippen molar-refractivity contribution in [2.24, 2.45) is 0 Å². The van der Waals surface area contributed by atoms with E-state index in [0.29, 0.717) is 13.0 Å². The Hall–Kier alpha value is -1.54. The molecule has 4 nitrogen and oxygen atoms in total. The molecule has 0 atom stereocenters. The van der Waals surface area contributed by atoms with E-state index in [-0.39, 0.29) is 4.90 Å². The maximum atomic E-state index is 12.2. The molecular weight excluding hydrogens is 408 g/mol. The van der Waals surface area contributed by atoms with E-state index in [1.54, 1.807) is 35.6 Å². The van der Waals surface area contributed by atoms with Gasteiger partial charge in [0.25, 0.3) is 0 Å². The quantitative estimate of drug-likeness (QED) is 0.650. The van der Waals surface area contributed by atoms with Crippen LogP contribution in [0.2, 0.25) is 0 Å². The van der Waals surface area contributed by atoms with E-state index in [2.05, 4.69) is 25.6 Å². The highest BCUT2D eigenvalue weighted by molar-refractivity contribution is 9.10. The molecule has 0 saturated heterocycles. The van der Waals surface area contributed by atoms with Gasteiger partial charge in [-0.3, -0.25) is 0 Å². The van der Waals surface area contributed by atoms with E-state index >= 15 is 0 Å². The lowest BCUT2D eigenvalue weighted by Crippen LogP contribution is -2.26. The Morgan fingerprint density at radius 1 is 1.04 bits per heavy atom. The van der Waals surface area contributed by atoms with Crippen LogP contribution in [0.4, 0.5) is 0 Å². The Labute approximate surface area is 153 Å². The number of sulfonamides is 1. The average molecular weight is 423 g/mol. The summed E-state index contributed by atoms with van der Waals surface area (Å²) in [4.78, 5) is 4.82. The SMILES string of the molecule is O=S(=O)(NCCc1csc(-c2ccccc2)n1)c1ccc(Br)cc1. The van der Waals surface area contributed by atoms with Gasteiger partial charge in [0.15, 0.2) is 0 Å². The zero-order valence-electron chi connectivity index (χ0n) is 12.6. The number of rotatable bonds is 6. The molecule has 124 valence electrons. The van der Waals surface area contributed by atoms with E-state index in [1.165, 1.54) is 0 Å². The number of halogens is 1. The number of nitrogens with zero attached hydrogens (tertiary/aromatic N) is 1. The van der Waals surface area contributed by atoms with Crippen LogP contribution in [0.25, 0.3) is 10.6 Å². The molecule has 0 unspecified atom stereocenters. The molecule has 1 N–H and O–H groups in total. The molecule has 0 saturated carbocycles. The minimum Gasteiger partial charge on any atom is -0.241 e. The highest BCUT2D eigenvalue weighted by Gasteiger charge is 2.13. The molecular formula is C17H15BrN2O2S2. The van der Waals surface area contributed by atoms with Gasteiger partial charge in [-0.05, 0) is 24.3 Å². The second-order valence-corrected chi connectivity index (χ2v) is 8.65. The predicted molar refractivity (Wildman–Crippen MR) is 101 cm³/mol. The van der Waals surface area contributed by atoms with Gasteiger partial charge in [-0.2, -0.15) is 0 Å². The van der Waals surface area contributed by atoms with Crippen molar-refractivity contribution >= 4 is 37.3 Å². The minimum absolute atomic E-state index is 0.258. The molecule has 1 aromatic heterocycles. The first-order valence-corrected chi connectivity index (χ1v) is 10.5. The topological polar surface area (TPSA) is 59.1 Å². The second-order valence-electron chi connectivity index (χ2n) is 5.11. The molecule has 2 aromatic carbocycles. The molecule has 0 amide bonds. The fraction of sp³-hybridized carbons (Fsp3) is 0.118. The third-order valence-electron chi connectivity index (χ3n) is 3.37. The summed E-state index contributed by atoms with van der Waals surface area (Å²) in [6.07, 6.45) is 0.555. The van der Waals surface area contributed by atoms with Gasteiger partial charge in [-0.25, -0.2) is 18.1 Å². The lowest BCUT2D eigenvalue weighted by atomic mass is 10.2. The molecule has 7 heteroatoms. The van der Waals surface area contributed by atoms with Gasteiger partial charge in [0.1, 0.15) is 5.01 Å². The molecule has 0 aliphatic heterocycles. The monoisotopic (exact) mass is 422 g/mol. The number of hydrogen-bond donors (Lipinski definition) is 1. The van der Waals surface area contributed by atoms with Crippen LogP contribution >= 0.6 is 27.3 Å². The summed E-state index contributed by atoms with van der Waals surface area (Å²) in [5.41, 5.74) is 1.96. The zero-order chi connectivity index (χ0) is 17.0. The Bertz CT molecular complexity index is 907. The molecule has 0 aliphatic carbocycles. The lowest BCUT2D eigenvalue weighted by molar-refractivity contribution is 0.581. The Morgan fingerprint density at radius 3 is 2.46 bits per heavy atom.